The van der Waals surface area contributed by atoms with Crippen LogP contribution in [0.15, 0.2) is 36.4 Å². The van der Waals surface area contributed by atoms with Crippen LogP contribution in [0.4, 0.5) is 17.1 Å². The highest BCUT2D eigenvalue weighted by molar-refractivity contribution is 7.80. The number of nitro groups is 1. The number of amides is 1. The number of nitro benzene ring substituents is 1. The monoisotopic (exact) mass is 444 g/mol. The van der Waals surface area contributed by atoms with Crippen LogP contribution in [-0.4, -0.2) is 43.3 Å². The number of piperidine rings is 1. The molecule has 1 saturated heterocycles. The maximum absolute atomic E-state index is 12.7. The molecule has 3 rings (SSSR count). The van der Waals surface area contributed by atoms with Crippen LogP contribution < -0.4 is 25.0 Å². The number of hydrogen-bond donors (Lipinski definition) is 2. The largest absolute Gasteiger partial charge is 0.497 e. The van der Waals surface area contributed by atoms with Gasteiger partial charge in [-0.15, -0.1) is 0 Å². The Hall–Kier alpha value is -3.40. The maximum Gasteiger partial charge on any atom is 0.293 e. The number of thiocarbonyl (C=S) groups is 1. The van der Waals surface area contributed by atoms with Gasteiger partial charge in [0.1, 0.15) is 17.2 Å². The molecule has 1 aliphatic heterocycles. The number of ether oxygens (including phenoxy) is 2. The number of carbonyl (C=O) groups excluding carboxylic acids is 1. The van der Waals surface area contributed by atoms with E-state index in [9.17, 15) is 14.9 Å². The van der Waals surface area contributed by atoms with Crippen molar-refractivity contribution in [3.05, 3.63) is 52.1 Å². The van der Waals surface area contributed by atoms with E-state index >= 15 is 0 Å². The molecule has 0 aromatic heterocycles. The van der Waals surface area contributed by atoms with Crippen LogP contribution in [0.3, 0.4) is 0 Å². The van der Waals surface area contributed by atoms with Gasteiger partial charge in [0, 0.05) is 30.8 Å². The topological polar surface area (TPSA) is 106 Å². The SMILES string of the molecule is COc1ccc(OC)c(NC(=S)NC(=O)c2ccc(N3CCCCC3)c([N+](=O)[O-])c2)c1. The molecule has 9 nitrogen and oxygen atoms in total. The first kappa shape index (κ1) is 22.3. The number of anilines is 2. The van der Waals surface area contributed by atoms with Crippen molar-refractivity contribution in [2.45, 2.75) is 19.3 Å². The molecular formula is C21H24N4O5S. The predicted octanol–water partition coefficient (Wildman–Crippen LogP) is 3.73. The minimum atomic E-state index is -0.548. The number of nitrogens with zero attached hydrogens (tertiary/aromatic N) is 2. The zero-order chi connectivity index (χ0) is 22.4. The molecule has 0 bridgehead atoms. The molecule has 0 radical (unpaired) electrons. The van der Waals surface area contributed by atoms with Gasteiger partial charge in [-0.05, 0) is 55.7 Å². The second kappa shape index (κ2) is 10.1. The standard InChI is InChI=1S/C21H24N4O5S/c1-29-15-7-9-19(30-2)16(13-15)22-21(31)23-20(26)14-6-8-17(18(12-14)25(27)28)24-10-4-3-5-11-24/h6-9,12-13H,3-5,10-11H2,1-2H3,(H2,22,23,26,31). The molecular weight excluding hydrogens is 420 g/mol. The average molecular weight is 445 g/mol. The lowest BCUT2D eigenvalue weighted by Gasteiger charge is -2.28. The van der Waals surface area contributed by atoms with Crippen molar-refractivity contribution in [1.29, 1.82) is 0 Å². The van der Waals surface area contributed by atoms with E-state index in [-0.39, 0.29) is 16.4 Å². The third-order valence-electron chi connectivity index (χ3n) is 5.01. The van der Waals surface area contributed by atoms with E-state index in [4.69, 9.17) is 21.7 Å². The van der Waals surface area contributed by atoms with Crippen molar-refractivity contribution in [1.82, 2.24) is 5.32 Å². The van der Waals surface area contributed by atoms with E-state index in [0.717, 1.165) is 32.4 Å². The lowest BCUT2D eigenvalue weighted by Crippen LogP contribution is -2.34. The van der Waals surface area contributed by atoms with Gasteiger partial charge in [0.15, 0.2) is 5.11 Å². The second-order valence-corrected chi connectivity index (χ2v) is 7.39. The van der Waals surface area contributed by atoms with Gasteiger partial charge in [-0.1, -0.05) is 0 Å². The van der Waals surface area contributed by atoms with Gasteiger partial charge < -0.3 is 19.7 Å². The maximum atomic E-state index is 12.7. The zero-order valence-electron chi connectivity index (χ0n) is 17.3. The van der Waals surface area contributed by atoms with Gasteiger partial charge in [-0.3, -0.25) is 20.2 Å². The van der Waals surface area contributed by atoms with Crippen LogP contribution in [0.5, 0.6) is 11.5 Å². The zero-order valence-corrected chi connectivity index (χ0v) is 18.2. The summed E-state index contributed by atoms with van der Waals surface area (Å²) in [6, 6.07) is 9.59. The summed E-state index contributed by atoms with van der Waals surface area (Å²) in [5.74, 6) is 0.549. The Kier molecular flexibility index (Phi) is 7.24. The molecule has 0 unspecified atom stereocenters. The van der Waals surface area contributed by atoms with E-state index in [1.54, 1.807) is 30.3 Å². The molecule has 1 heterocycles. The summed E-state index contributed by atoms with van der Waals surface area (Å²) in [5.41, 5.74) is 1.10. The normalized spacial score (nSPS) is 13.3. The van der Waals surface area contributed by atoms with Gasteiger partial charge in [0.2, 0.25) is 0 Å². The fourth-order valence-electron chi connectivity index (χ4n) is 3.45. The Labute approximate surface area is 185 Å². The van der Waals surface area contributed by atoms with Crippen molar-refractivity contribution in [2.24, 2.45) is 0 Å². The predicted molar refractivity (Wildman–Crippen MR) is 122 cm³/mol. The molecule has 1 fully saturated rings. The molecule has 31 heavy (non-hydrogen) atoms. The van der Waals surface area contributed by atoms with Crippen LogP contribution in [0, 0.1) is 10.1 Å². The first-order valence-corrected chi connectivity index (χ1v) is 10.2. The molecule has 0 aliphatic carbocycles. The Morgan fingerprint density at radius 2 is 1.84 bits per heavy atom. The molecule has 10 heteroatoms. The fraction of sp³-hybridized carbons (Fsp3) is 0.333. The van der Waals surface area contributed by atoms with E-state index in [0.29, 0.717) is 22.9 Å². The van der Waals surface area contributed by atoms with E-state index < -0.39 is 10.8 Å². The second-order valence-electron chi connectivity index (χ2n) is 6.98. The van der Waals surface area contributed by atoms with E-state index in [2.05, 4.69) is 10.6 Å². The Morgan fingerprint density at radius 1 is 1.10 bits per heavy atom. The minimum absolute atomic E-state index is 0.0271. The highest BCUT2D eigenvalue weighted by Gasteiger charge is 2.23. The molecule has 164 valence electrons. The van der Waals surface area contributed by atoms with Crippen LogP contribution >= 0.6 is 12.2 Å². The molecule has 0 spiro atoms. The number of carbonyl (C=O) groups is 1. The van der Waals surface area contributed by atoms with Gasteiger partial charge in [-0.25, -0.2) is 0 Å². The molecule has 2 aromatic carbocycles. The van der Waals surface area contributed by atoms with Crippen molar-refractivity contribution >= 4 is 40.3 Å². The summed E-state index contributed by atoms with van der Waals surface area (Å²) >= 11 is 5.23. The quantitative estimate of drug-likeness (QED) is 0.394. The first-order chi connectivity index (χ1) is 14.9. The molecule has 2 N–H and O–H groups in total. The van der Waals surface area contributed by atoms with Crippen molar-refractivity contribution in [3.8, 4) is 11.5 Å². The summed E-state index contributed by atoms with van der Waals surface area (Å²) in [5, 5.41) is 17.1. The smallest absolute Gasteiger partial charge is 0.293 e. The van der Waals surface area contributed by atoms with Gasteiger partial charge in [0.05, 0.1) is 24.8 Å². The first-order valence-electron chi connectivity index (χ1n) is 9.80. The molecule has 0 saturated carbocycles. The number of rotatable bonds is 6. The lowest BCUT2D eigenvalue weighted by atomic mass is 10.1. The summed E-state index contributed by atoms with van der Waals surface area (Å²) < 4.78 is 10.5. The van der Waals surface area contributed by atoms with Crippen molar-refractivity contribution in [3.63, 3.8) is 0 Å². The average Bonchev–Trinajstić information content (AvgIpc) is 2.79. The molecule has 0 atom stereocenters. The Balaban J connectivity index is 1.75. The van der Waals surface area contributed by atoms with Crippen molar-refractivity contribution in [2.75, 3.05) is 37.5 Å². The summed E-state index contributed by atoms with van der Waals surface area (Å²) in [6.07, 6.45) is 3.10. The third-order valence-corrected chi connectivity index (χ3v) is 5.22. The number of hydrogen-bond acceptors (Lipinski definition) is 7. The van der Waals surface area contributed by atoms with Gasteiger partial charge >= 0.3 is 0 Å². The van der Waals surface area contributed by atoms with Gasteiger partial charge in [-0.2, -0.15) is 0 Å². The summed E-state index contributed by atoms with van der Waals surface area (Å²) in [7, 11) is 3.05. The number of methoxy groups -OCH3 is 2. The molecule has 1 amide bonds. The third kappa shape index (κ3) is 5.40. The fourth-order valence-corrected chi connectivity index (χ4v) is 3.66. The lowest BCUT2D eigenvalue weighted by molar-refractivity contribution is -0.384. The Bertz CT molecular complexity index is 992. The summed E-state index contributed by atoms with van der Waals surface area (Å²) in [4.78, 5) is 25.8. The van der Waals surface area contributed by atoms with Crippen LogP contribution in [0.1, 0.15) is 29.6 Å². The van der Waals surface area contributed by atoms with Crippen LogP contribution in [0.25, 0.3) is 0 Å². The van der Waals surface area contributed by atoms with Crippen molar-refractivity contribution < 1.29 is 19.2 Å². The highest BCUT2D eigenvalue weighted by Crippen LogP contribution is 2.31. The van der Waals surface area contributed by atoms with E-state index in [1.165, 1.54) is 20.3 Å². The highest BCUT2D eigenvalue weighted by atomic mass is 32.1. The van der Waals surface area contributed by atoms with Crippen LogP contribution in [0.2, 0.25) is 0 Å². The van der Waals surface area contributed by atoms with Crippen LogP contribution in [-0.2, 0) is 0 Å². The Morgan fingerprint density at radius 3 is 2.48 bits per heavy atom. The number of benzene rings is 2. The molecule has 1 aliphatic rings. The molecule has 2 aromatic rings. The number of nitrogens with one attached hydrogen (secondary N) is 2. The minimum Gasteiger partial charge on any atom is -0.497 e. The van der Waals surface area contributed by atoms with Gasteiger partial charge in [0.25, 0.3) is 11.6 Å². The van der Waals surface area contributed by atoms with E-state index in [1.807, 2.05) is 4.90 Å². The summed E-state index contributed by atoms with van der Waals surface area (Å²) in [6.45, 7) is 1.53.